The van der Waals surface area contributed by atoms with E-state index < -0.39 is 29.5 Å². The number of amides is 1. The maximum Gasteiger partial charge on any atom is 0.408 e. The van der Waals surface area contributed by atoms with E-state index in [1.165, 1.54) is 14.2 Å². The van der Waals surface area contributed by atoms with Crippen LogP contribution in [0.1, 0.15) is 29.9 Å². The van der Waals surface area contributed by atoms with Crippen molar-refractivity contribution < 1.29 is 28.6 Å². The molecular weight excluding hydrogens is 386 g/mol. The van der Waals surface area contributed by atoms with E-state index in [0.29, 0.717) is 0 Å². The molecule has 0 radical (unpaired) electrons. The standard InChI is InChI=1S/C23H25NO6/c1-28-20(25)19-14-23(21(26)29-2,13-18(19)17-11-7-4-8-12-17)24-22(27)30-15-16-9-5-3-6-10-16/h3-12,18-19H,13-15H2,1-2H3,(H,24,27)/t18-,19+,23-/m1/s1. The van der Waals surface area contributed by atoms with Crippen molar-refractivity contribution in [1.29, 1.82) is 0 Å². The van der Waals surface area contributed by atoms with Crippen LogP contribution in [0.25, 0.3) is 0 Å². The van der Waals surface area contributed by atoms with Crippen molar-refractivity contribution in [2.75, 3.05) is 14.2 Å². The highest BCUT2D eigenvalue weighted by Gasteiger charge is 2.55. The Morgan fingerprint density at radius 1 is 0.933 bits per heavy atom. The zero-order valence-electron chi connectivity index (χ0n) is 17.0. The van der Waals surface area contributed by atoms with Gasteiger partial charge in [0.1, 0.15) is 12.1 Å². The lowest BCUT2D eigenvalue weighted by Gasteiger charge is -2.27. The maximum atomic E-state index is 12.7. The summed E-state index contributed by atoms with van der Waals surface area (Å²) in [4.78, 5) is 37.7. The van der Waals surface area contributed by atoms with Gasteiger partial charge in [-0.1, -0.05) is 60.7 Å². The van der Waals surface area contributed by atoms with Crippen LogP contribution in [0.5, 0.6) is 0 Å². The summed E-state index contributed by atoms with van der Waals surface area (Å²) in [6.07, 6.45) is -0.488. The van der Waals surface area contributed by atoms with Crippen molar-refractivity contribution in [2.45, 2.75) is 30.9 Å². The van der Waals surface area contributed by atoms with E-state index in [1.54, 1.807) is 0 Å². The van der Waals surface area contributed by atoms with Crippen molar-refractivity contribution in [3.63, 3.8) is 0 Å². The Balaban J connectivity index is 1.82. The van der Waals surface area contributed by atoms with Gasteiger partial charge < -0.3 is 19.5 Å². The van der Waals surface area contributed by atoms with Crippen LogP contribution in [0.2, 0.25) is 0 Å². The molecule has 1 amide bonds. The van der Waals surface area contributed by atoms with Crippen LogP contribution in [0.15, 0.2) is 60.7 Å². The molecule has 3 atom stereocenters. The number of rotatable bonds is 6. The number of methoxy groups -OCH3 is 2. The molecular formula is C23H25NO6. The van der Waals surface area contributed by atoms with E-state index in [1.807, 2.05) is 60.7 Å². The lowest BCUT2D eigenvalue weighted by atomic mass is 9.89. The Morgan fingerprint density at radius 3 is 2.17 bits per heavy atom. The van der Waals surface area contributed by atoms with Crippen molar-refractivity contribution >= 4 is 18.0 Å². The molecule has 0 bridgehead atoms. The Bertz CT molecular complexity index is 885. The number of carbonyl (C=O) groups is 3. The van der Waals surface area contributed by atoms with Crippen molar-refractivity contribution in [3.8, 4) is 0 Å². The number of benzene rings is 2. The molecule has 0 unspecified atom stereocenters. The summed E-state index contributed by atoms with van der Waals surface area (Å²) in [5.74, 6) is -1.97. The zero-order valence-corrected chi connectivity index (χ0v) is 17.0. The summed E-state index contributed by atoms with van der Waals surface area (Å²) in [6.45, 7) is 0.0620. The van der Waals surface area contributed by atoms with E-state index in [9.17, 15) is 14.4 Å². The second-order valence-corrected chi connectivity index (χ2v) is 7.32. The molecule has 3 rings (SSSR count). The molecule has 30 heavy (non-hydrogen) atoms. The highest BCUT2D eigenvalue weighted by atomic mass is 16.6. The van der Waals surface area contributed by atoms with Gasteiger partial charge in [0.2, 0.25) is 0 Å². The van der Waals surface area contributed by atoms with Crippen LogP contribution in [0, 0.1) is 5.92 Å². The highest BCUT2D eigenvalue weighted by molar-refractivity contribution is 5.88. The van der Waals surface area contributed by atoms with Crippen LogP contribution in [0.4, 0.5) is 4.79 Å². The molecule has 1 saturated carbocycles. The minimum Gasteiger partial charge on any atom is -0.469 e. The fourth-order valence-corrected chi connectivity index (χ4v) is 4.04. The number of nitrogens with one attached hydrogen (secondary N) is 1. The summed E-state index contributed by atoms with van der Waals surface area (Å²) < 4.78 is 15.3. The topological polar surface area (TPSA) is 90.9 Å². The van der Waals surface area contributed by atoms with Crippen molar-refractivity contribution in [2.24, 2.45) is 5.92 Å². The Labute approximate surface area is 175 Å². The van der Waals surface area contributed by atoms with E-state index in [2.05, 4.69) is 5.32 Å². The Hall–Kier alpha value is -3.35. The third-order valence-corrected chi connectivity index (χ3v) is 5.48. The fraction of sp³-hybridized carbons (Fsp3) is 0.348. The van der Waals surface area contributed by atoms with Gasteiger partial charge in [-0.3, -0.25) is 4.79 Å². The summed E-state index contributed by atoms with van der Waals surface area (Å²) in [7, 11) is 2.56. The number of hydrogen-bond acceptors (Lipinski definition) is 6. The average Bonchev–Trinajstić information content (AvgIpc) is 3.18. The molecule has 1 aliphatic carbocycles. The average molecular weight is 411 g/mol. The molecule has 0 heterocycles. The second kappa shape index (κ2) is 9.43. The van der Waals surface area contributed by atoms with Crippen LogP contribution in [-0.4, -0.2) is 37.8 Å². The molecule has 1 fully saturated rings. The number of esters is 2. The van der Waals surface area contributed by atoms with Gasteiger partial charge in [-0.05, 0) is 24.0 Å². The van der Waals surface area contributed by atoms with E-state index >= 15 is 0 Å². The maximum absolute atomic E-state index is 12.7. The summed E-state index contributed by atoms with van der Waals surface area (Å²) in [6, 6.07) is 18.6. The molecule has 2 aromatic rings. The van der Waals surface area contributed by atoms with Gasteiger partial charge in [-0.2, -0.15) is 0 Å². The lowest BCUT2D eigenvalue weighted by Crippen LogP contribution is -2.53. The molecule has 1 N–H and O–H groups in total. The van der Waals surface area contributed by atoms with Crippen LogP contribution < -0.4 is 5.32 Å². The van der Waals surface area contributed by atoms with Gasteiger partial charge in [0.15, 0.2) is 0 Å². The second-order valence-electron chi connectivity index (χ2n) is 7.32. The highest BCUT2D eigenvalue weighted by Crippen LogP contribution is 2.46. The number of carbonyl (C=O) groups excluding carboxylic acids is 3. The normalized spacial score (nSPS) is 22.7. The first-order valence-electron chi connectivity index (χ1n) is 9.69. The lowest BCUT2D eigenvalue weighted by molar-refractivity contribution is -0.149. The quantitative estimate of drug-likeness (QED) is 0.580. The zero-order chi connectivity index (χ0) is 21.6. The van der Waals surface area contributed by atoms with Crippen LogP contribution in [-0.2, 0) is 30.4 Å². The van der Waals surface area contributed by atoms with Gasteiger partial charge >= 0.3 is 18.0 Å². The first-order chi connectivity index (χ1) is 14.5. The van der Waals surface area contributed by atoms with Gasteiger partial charge in [0.25, 0.3) is 0 Å². The van der Waals surface area contributed by atoms with Crippen LogP contribution in [0.3, 0.4) is 0 Å². The number of ether oxygens (including phenoxy) is 3. The first kappa shape index (κ1) is 21.4. The molecule has 0 spiro atoms. The minimum absolute atomic E-state index is 0.0618. The smallest absolute Gasteiger partial charge is 0.408 e. The van der Waals surface area contributed by atoms with E-state index in [0.717, 1.165) is 11.1 Å². The SMILES string of the molecule is COC(=O)[C@H]1C[C@@](NC(=O)OCc2ccccc2)(C(=O)OC)C[C@@H]1c1ccccc1. The van der Waals surface area contributed by atoms with Gasteiger partial charge in [-0.15, -0.1) is 0 Å². The van der Waals surface area contributed by atoms with Gasteiger partial charge in [0, 0.05) is 5.92 Å². The van der Waals surface area contributed by atoms with Crippen LogP contribution >= 0.6 is 0 Å². The van der Waals surface area contributed by atoms with Crippen molar-refractivity contribution in [1.82, 2.24) is 5.32 Å². The fourth-order valence-electron chi connectivity index (χ4n) is 4.04. The molecule has 7 nitrogen and oxygen atoms in total. The molecule has 0 aromatic heterocycles. The number of hydrogen-bond donors (Lipinski definition) is 1. The van der Waals surface area contributed by atoms with E-state index in [4.69, 9.17) is 14.2 Å². The summed E-state index contributed by atoms with van der Waals surface area (Å²) >= 11 is 0. The molecule has 158 valence electrons. The molecule has 7 heteroatoms. The molecule has 2 aromatic carbocycles. The Morgan fingerprint density at radius 2 is 1.57 bits per heavy atom. The predicted octanol–water partition coefficient (Wildman–Crippen LogP) is 3.19. The molecule has 0 saturated heterocycles. The Kier molecular flexibility index (Phi) is 6.72. The predicted molar refractivity (Wildman–Crippen MR) is 108 cm³/mol. The number of alkyl carbamates (subject to hydrolysis) is 1. The minimum atomic E-state index is -1.39. The molecule has 1 aliphatic rings. The van der Waals surface area contributed by atoms with E-state index in [-0.39, 0.29) is 25.4 Å². The molecule has 0 aliphatic heterocycles. The largest absolute Gasteiger partial charge is 0.469 e. The third kappa shape index (κ3) is 4.62. The monoisotopic (exact) mass is 411 g/mol. The van der Waals surface area contributed by atoms with Gasteiger partial charge in [-0.25, -0.2) is 9.59 Å². The summed E-state index contributed by atoms with van der Waals surface area (Å²) in [5, 5.41) is 2.68. The third-order valence-electron chi connectivity index (χ3n) is 5.48. The van der Waals surface area contributed by atoms with Gasteiger partial charge in [0.05, 0.1) is 20.1 Å². The first-order valence-corrected chi connectivity index (χ1v) is 9.69. The van der Waals surface area contributed by atoms with Crippen molar-refractivity contribution in [3.05, 3.63) is 71.8 Å². The summed E-state index contributed by atoms with van der Waals surface area (Å²) in [5.41, 5.74) is 0.320.